The van der Waals surface area contributed by atoms with E-state index in [4.69, 9.17) is 14.6 Å². The third-order valence-corrected chi connectivity index (χ3v) is 4.65. The Balaban J connectivity index is 1.85. The van der Waals surface area contributed by atoms with Crippen LogP contribution >= 0.6 is 0 Å². The zero-order valence-electron chi connectivity index (χ0n) is 16.2. The second-order valence-electron chi connectivity index (χ2n) is 6.43. The zero-order valence-corrected chi connectivity index (χ0v) is 16.2. The summed E-state index contributed by atoms with van der Waals surface area (Å²) in [6.45, 7) is 0. The number of nitrogens with zero attached hydrogens (tertiary/aromatic N) is 2. The lowest BCUT2D eigenvalue weighted by molar-refractivity contribution is 0.355. The molecular weight excluding hydrogens is 364 g/mol. The summed E-state index contributed by atoms with van der Waals surface area (Å²) in [6, 6.07) is 22.4. The van der Waals surface area contributed by atoms with Gasteiger partial charge < -0.3 is 9.47 Å². The molecule has 0 aliphatic carbocycles. The molecule has 5 nitrogen and oxygen atoms in total. The third-order valence-electron chi connectivity index (χ3n) is 4.65. The molecular formula is C24H20N2O3. The van der Waals surface area contributed by atoms with Crippen LogP contribution in [0.15, 0.2) is 77.6 Å². The largest absolute Gasteiger partial charge is 0.493 e. The van der Waals surface area contributed by atoms with Crippen molar-refractivity contribution < 1.29 is 9.47 Å². The van der Waals surface area contributed by atoms with Crippen molar-refractivity contribution in [2.45, 2.75) is 0 Å². The maximum atomic E-state index is 12.7. The topological polar surface area (TPSA) is 53.4 Å². The molecule has 3 aromatic carbocycles. The van der Waals surface area contributed by atoms with Crippen LogP contribution in [0, 0.1) is 0 Å². The minimum Gasteiger partial charge on any atom is -0.493 e. The molecule has 1 aromatic heterocycles. The van der Waals surface area contributed by atoms with Crippen LogP contribution in [0.4, 0.5) is 0 Å². The molecule has 0 atom stereocenters. The minimum atomic E-state index is -0.0767. The number of ether oxygens (including phenoxy) is 2. The van der Waals surface area contributed by atoms with Crippen molar-refractivity contribution in [3.63, 3.8) is 0 Å². The molecule has 0 aliphatic rings. The molecule has 0 aliphatic heterocycles. The van der Waals surface area contributed by atoms with Crippen molar-refractivity contribution >= 4 is 23.1 Å². The van der Waals surface area contributed by atoms with Crippen molar-refractivity contribution in [1.29, 1.82) is 0 Å². The number of para-hydroxylation sites is 1. The van der Waals surface area contributed by atoms with Gasteiger partial charge in [-0.2, -0.15) is 5.10 Å². The van der Waals surface area contributed by atoms with Crippen molar-refractivity contribution in [3.8, 4) is 17.2 Å². The first-order valence-corrected chi connectivity index (χ1v) is 9.19. The van der Waals surface area contributed by atoms with E-state index in [1.165, 1.54) is 0 Å². The van der Waals surface area contributed by atoms with Crippen LogP contribution in [0.5, 0.6) is 11.5 Å². The Morgan fingerprint density at radius 2 is 1.55 bits per heavy atom. The maximum Gasteiger partial charge on any atom is 0.204 e. The molecule has 0 radical (unpaired) electrons. The summed E-state index contributed by atoms with van der Waals surface area (Å²) in [5, 5.41) is 5.51. The molecule has 4 aromatic rings. The first-order valence-electron chi connectivity index (χ1n) is 9.19. The number of fused-ring (bicyclic) bond motifs is 1. The highest BCUT2D eigenvalue weighted by Gasteiger charge is 2.12. The van der Waals surface area contributed by atoms with E-state index in [1.807, 2.05) is 72.8 Å². The van der Waals surface area contributed by atoms with E-state index in [1.54, 1.807) is 31.0 Å². The fourth-order valence-corrected chi connectivity index (χ4v) is 3.23. The average molecular weight is 384 g/mol. The fourth-order valence-electron chi connectivity index (χ4n) is 3.23. The fraction of sp³-hybridized carbons (Fsp3) is 0.0833. The molecule has 0 N–H and O–H groups in total. The summed E-state index contributed by atoms with van der Waals surface area (Å²) in [4.78, 5) is 12.7. The predicted molar refractivity (Wildman–Crippen MR) is 116 cm³/mol. The van der Waals surface area contributed by atoms with Crippen molar-refractivity contribution in [3.05, 3.63) is 94.3 Å². The van der Waals surface area contributed by atoms with Crippen molar-refractivity contribution in [2.75, 3.05) is 14.2 Å². The van der Waals surface area contributed by atoms with Gasteiger partial charge in [0.1, 0.15) is 5.52 Å². The van der Waals surface area contributed by atoms with E-state index in [9.17, 15) is 4.79 Å². The van der Waals surface area contributed by atoms with Crippen LogP contribution in [0.3, 0.4) is 0 Å². The molecule has 1 heterocycles. The highest BCUT2D eigenvalue weighted by atomic mass is 16.5. The van der Waals surface area contributed by atoms with Crippen molar-refractivity contribution in [1.82, 2.24) is 9.78 Å². The van der Waals surface area contributed by atoms with Gasteiger partial charge in [0.05, 0.1) is 25.6 Å². The predicted octanol–water partition coefficient (Wildman–Crippen LogP) is 4.57. The Morgan fingerprint density at radius 1 is 0.828 bits per heavy atom. The summed E-state index contributed by atoms with van der Waals surface area (Å²) in [6.07, 6.45) is 3.85. The summed E-state index contributed by atoms with van der Waals surface area (Å²) < 4.78 is 12.4. The number of hydrogen-bond acceptors (Lipinski definition) is 4. The lowest BCUT2D eigenvalue weighted by Gasteiger charge is -2.07. The van der Waals surface area contributed by atoms with Crippen LogP contribution < -0.4 is 14.9 Å². The minimum absolute atomic E-state index is 0.0767. The number of rotatable bonds is 5. The summed E-state index contributed by atoms with van der Waals surface area (Å²) >= 11 is 0. The van der Waals surface area contributed by atoms with Gasteiger partial charge >= 0.3 is 0 Å². The molecule has 0 fully saturated rings. The van der Waals surface area contributed by atoms with Gasteiger partial charge in [-0.25, -0.2) is 4.68 Å². The number of aromatic nitrogens is 2. The molecule has 0 amide bonds. The second-order valence-corrected chi connectivity index (χ2v) is 6.43. The monoisotopic (exact) mass is 384 g/mol. The summed E-state index contributed by atoms with van der Waals surface area (Å²) in [7, 11) is 3.21. The Morgan fingerprint density at radius 3 is 2.31 bits per heavy atom. The van der Waals surface area contributed by atoms with E-state index in [-0.39, 0.29) is 5.43 Å². The number of hydrogen-bond donors (Lipinski definition) is 0. The molecule has 0 spiro atoms. The Bertz CT molecular complexity index is 1240. The molecule has 0 saturated carbocycles. The molecule has 29 heavy (non-hydrogen) atoms. The van der Waals surface area contributed by atoms with Crippen LogP contribution in [0.2, 0.25) is 0 Å². The van der Waals surface area contributed by atoms with Gasteiger partial charge in [0.15, 0.2) is 11.5 Å². The quantitative estimate of drug-likeness (QED) is 0.506. The summed E-state index contributed by atoms with van der Waals surface area (Å²) in [5.41, 5.74) is 2.96. The molecule has 144 valence electrons. The second kappa shape index (κ2) is 8.02. The van der Waals surface area contributed by atoms with Crippen molar-refractivity contribution in [2.24, 2.45) is 0 Å². The third kappa shape index (κ3) is 3.62. The lowest BCUT2D eigenvalue weighted by atomic mass is 10.1. The molecule has 4 rings (SSSR count). The van der Waals surface area contributed by atoms with Crippen LogP contribution in [-0.2, 0) is 0 Å². The van der Waals surface area contributed by atoms with Gasteiger partial charge in [-0.1, -0.05) is 48.5 Å². The average Bonchev–Trinajstić information content (AvgIpc) is 3.02. The van der Waals surface area contributed by atoms with Gasteiger partial charge in [-0.05, 0) is 42.0 Å². The Labute approximate surface area is 168 Å². The number of benzene rings is 2. The Hall–Kier alpha value is -3.86. The highest BCUT2D eigenvalue weighted by Crippen LogP contribution is 2.28. The molecule has 5 heteroatoms. The smallest absolute Gasteiger partial charge is 0.204 e. The van der Waals surface area contributed by atoms with Gasteiger partial charge in [0.25, 0.3) is 0 Å². The first kappa shape index (κ1) is 18.5. The van der Waals surface area contributed by atoms with E-state index in [0.717, 1.165) is 16.6 Å². The SMILES string of the molecule is COc1ccc(/C=C/c2nn(-c3ccccc3)c3c(=O)ccccc23)cc1OC. The normalized spacial score (nSPS) is 11.1. The molecule has 0 bridgehead atoms. The first-order chi connectivity index (χ1) is 14.2. The van der Waals surface area contributed by atoms with Crippen LogP contribution in [0.25, 0.3) is 28.7 Å². The molecule has 0 unspecified atom stereocenters. The summed E-state index contributed by atoms with van der Waals surface area (Å²) in [5.74, 6) is 1.33. The van der Waals surface area contributed by atoms with Gasteiger partial charge in [-0.3, -0.25) is 4.79 Å². The van der Waals surface area contributed by atoms with Gasteiger partial charge in [-0.15, -0.1) is 0 Å². The van der Waals surface area contributed by atoms with Gasteiger partial charge in [0.2, 0.25) is 5.43 Å². The van der Waals surface area contributed by atoms with E-state index >= 15 is 0 Å². The van der Waals surface area contributed by atoms with Gasteiger partial charge in [0, 0.05) is 5.39 Å². The zero-order chi connectivity index (χ0) is 20.2. The Kier molecular flexibility index (Phi) is 5.12. The lowest BCUT2D eigenvalue weighted by Crippen LogP contribution is -2.04. The van der Waals surface area contributed by atoms with E-state index < -0.39 is 0 Å². The maximum absolute atomic E-state index is 12.7. The highest BCUT2D eigenvalue weighted by molar-refractivity contribution is 5.90. The number of methoxy groups -OCH3 is 2. The van der Waals surface area contributed by atoms with E-state index in [0.29, 0.717) is 22.7 Å². The van der Waals surface area contributed by atoms with E-state index in [2.05, 4.69) is 0 Å². The standard InChI is InChI=1S/C24H20N2O3/c1-28-22-15-13-17(16-23(22)29-2)12-14-20-19-10-6-7-11-21(27)24(19)26(25-20)18-8-4-3-5-9-18/h3-16H,1-2H3/b14-12+. The van der Waals surface area contributed by atoms with Crippen LogP contribution in [0.1, 0.15) is 11.3 Å². The van der Waals surface area contributed by atoms with Crippen LogP contribution in [-0.4, -0.2) is 24.0 Å². The molecule has 0 saturated heterocycles.